The molecule has 1 aromatic heterocycles. The molecule has 7 aromatic rings. The molecule has 6 aromatic carbocycles. The number of rotatable bonds is 3. The van der Waals surface area contributed by atoms with Crippen molar-refractivity contribution in [1.82, 2.24) is 9.55 Å². The number of hydrogen-bond donors (Lipinski definition) is 0. The summed E-state index contributed by atoms with van der Waals surface area (Å²) >= 11 is 0. The number of fused-ring (bicyclic) bond motifs is 7. The van der Waals surface area contributed by atoms with Gasteiger partial charge in [-0.05, 0) is 69.3 Å². The van der Waals surface area contributed by atoms with E-state index in [0.717, 1.165) is 46.0 Å². The SMILES string of the molecule is c1ccc(-c2nc3cccc4c3n2-c2ccc(CC3c5ccccc5-c5c3ccc3ccccc53)cc2O4)cc1. The first-order valence-electron chi connectivity index (χ1n) is 13.8. The Morgan fingerprint density at radius 2 is 1.52 bits per heavy atom. The fraction of sp³-hybridized carbons (Fsp3) is 0.0541. The molecule has 1 atom stereocenters. The van der Waals surface area contributed by atoms with Crippen molar-refractivity contribution >= 4 is 21.8 Å². The predicted molar refractivity (Wildman–Crippen MR) is 162 cm³/mol. The lowest BCUT2D eigenvalue weighted by molar-refractivity contribution is 0.475. The average Bonchev–Trinajstić information content (AvgIpc) is 3.55. The van der Waals surface area contributed by atoms with Crippen LogP contribution in [0.25, 0.3) is 50.0 Å². The highest BCUT2D eigenvalue weighted by atomic mass is 16.5. The second-order valence-corrected chi connectivity index (χ2v) is 10.8. The van der Waals surface area contributed by atoms with Crippen LogP contribution < -0.4 is 4.74 Å². The molecule has 0 bridgehead atoms. The van der Waals surface area contributed by atoms with Crippen LogP contribution in [-0.2, 0) is 6.42 Å². The van der Waals surface area contributed by atoms with E-state index < -0.39 is 0 Å². The fourth-order valence-electron chi connectivity index (χ4n) is 6.79. The molecule has 9 rings (SSSR count). The molecule has 40 heavy (non-hydrogen) atoms. The van der Waals surface area contributed by atoms with Crippen molar-refractivity contribution in [3.8, 4) is 39.7 Å². The van der Waals surface area contributed by atoms with E-state index in [1.165, 1.54) is 38.6 Å². The van der Waals surface area contributed by atoms with Gasteiger partial charge in [0.15, 0.2) is 11.5 Å². The van der Waals surface area contributed by atoms with Crippen LogP contribution in [0.1, 0.15) is 22.6 Å². The van der Waals surface area contributed by atoms with Gasteiger partial charge in [0.1, 0.15) is 11.3 Å². The third-order valence-corrected chi connectivity index (χ3v) is 8.54. The van der Waals surface area contributed by atoms with Gasteiger partial charge in [0.25, 0.3) is 0 Å². The van der Waals surface area contributed by atoms with Crippen LogP contribution >= 0.6 is 0 Å². The second-order valence-electron chi connectivity index (χ2n) is 10.8. The molecule has 0 saturated heterocycles. The van der Waals surface area contributed by atoms with Crippen LogP contribution in [0.2, 0.25) is 0 Å². The van der Waals surface area contributed by atoms with Crippen molar-refractivity contribution in [1.29, 1.82) is 0 Å². The van der Waals surface area contributed by atoms with Gasteiger partial charge in [-0.2, -0.15) is 0 Å². The largest absolute Gasteiger partial charge is 0.453 e. The summed E-state index contributed by atoms with van der Waals surface area (Å²) in [4.78, 5) is 5.02. The molecule has 2 heterocycles. The van der Waals surface area contributed by atoms with E-state index in [2.05, 4.69) is 114 Å². The Kier molecular flexibility index (Phi) is 4.44. The number of imidazole rings is 1. The van der Waals surface area contributed by atoms with Crippen molar-refractivity contribution in [3.63, 3.8) is 0 Å². The van der Waals surface area contributed by atoms with Gasteiger partial charge in [-0.15, -0.1) is 0 Å². The minimum absolute atomic E-state index is 0.296. The summed E-state index contributed by atoms with van der Waals surface area (Å²) in [5, 5.41) is 2.62. The van der Waals surface area contributed by atoms with Gasteiger partial charge in [-0.25, -0.2) is 4.98 Å². The smallest absolute Gasteiger partial charge is 0.153 e. The molecule has 0 fully saturated rings. The normalized spacial score (nSPS) is 14.6. The molecule has 2 aliphatic rings. The molecule has 0 radical (unpaired) electrons. The highest BCUT2D eigenvalue weighted by Crippen LogP contribution is 2.50. The predicted octanol–water partition coefficient (Wildman–Crippen LogP) is 9.31. The van der Waals surface area contributed by atoms with E-state index in [-0.39, 0.29) is 0 Å². The van der Waals surface area contributed by atoms with E-state index in [1.54, 1.807) is 0 Å². The Labute approximate surface area is 231 Å². The van der Waals surface area contributed by atoms with Crippen molar-refractivity contribution in [2.75, 3.05) is 0 Å². The number of nitrogens with zero attached hydrogens (tertiary/aromatic N) is 2. The summed E-state index contributed by atoms with van der Waals surface area (Å²) in [6, 6.07) is 45.5. The molecule has 0 spiro atoms. The van der Waals surface area contributed by atoms with E-state index in [4.69, 9.17) is 9.72 Å². The molecular weight excluding hydrogens is 488 g/mol. The zero-order valence-corrected chi connectivity index (χ0v) is 21.7. The first-order chi connectivity index (χ1) is 19.8. The number of aromatic nitrogens is 2. The van der Waals surface area contributed by atoms with Crippen LogP contribution in [0, 0.1) is 0 Å². The lowest BCUT2D eigenvalue weighted by atomic mass is 9.89. The number of benzene rings is 6. The van der Waals surface area contributed by atoms with E-state index in [9.17, 15) is 0 Å². The molecule has 1 aliphatic heterocycles. The monoisotopic (exact) mass is 512 g/mol. The highest BCUT2D eigenvalue weighted by Gasteiger charge is 2.31. The Morgan fingerprint density at radius 1 is 0.675 bits per heavy atom. The molecule has 1 unspecified atom stereocenters. The van der Waals surface area contributed by atoms with Gasteiger partial charge in [-0.3, -0.25) is 4.57 Å². The lowest BCUT2D eigenvalue weighted by Gasteiger charge is -2.22. The number of hydrogen-bond acceptors (Lipinski definition) is 2. The summed E-state index contributed by atoms with van der Waals surface area (Å²) in [7, 11) is 0. The van der Waals surface area contributed by atoms with Crippen molar-refractivity contribution < 1.29 is 4.74 Å². The minimum Gasteiger partial charge on any atom is -0.453 e. The minimum atomic E-state index is 0.296. The van der Waals surface area contributed by atoms with E-state index in [1.807, 2.05) is 18.2 Å². The first kappa shape index (κ1) is 21.7. The molecule has 3 heteroatoms. The second kappa shape index (κ2) is 8.17. The van der Waals surface area contributed by atoms with Crippen LogP contribution in [0.4, 0.5) is 0 Å². The third kappa shape index (κ3) is 3.03. The van der Waals surface area contributed by atoms with E-state index >= 15 is 0 Å². The van der Waals surface area contributed by atoms with Crippen molar-refractivity contribution in [2.45, 2.75) is 12.3 Å². The molecular formula is C37H24N2O. The first-order valence-corrected chi connectivity index (χ1v) is 13.8. The Balaban J connectivity index is 1.18. The Morgan fingerprint density at radius 3 is 2.48 bits per heavy atom. The molecule has 0 N–H and O–H groups in total. The van der Waals surface area contributed by atoms with Gasteiger partial charge in [0, 0.05) is 11.5 Å². The maximum absolute atomic E-state index is 6.54. The van der Waals surface area contributed by atoms with Gasteiger partial charge in [0.05, 0.1) is 11.2 Å². The van der Waals surface area contributed by atoms with Gasteiger partial charge in [-0.1, -0.05) is 103 Å². The summed E-state index contributed by atoms with van der Waals surface area (Å²) in [6.45, 7) is 0. The Bertz CT molecular complexity index is 2120. The summed E-state index contributed by atoms with van der Waals surface area (Å²) in [5.41, 5.74) is 10.9. The zero-order chi connectivity index (χ0) is 26.2. The molecule has 0 saturated carbocycles. The molecule has 0 amide bonds. The van der Waals surface area contributed by atoms with Crippen LogP contribution in [0.5, 0.6) is 11.5 Å². The summed E-state index contributed by atoms with van der Waals surface area (Å²) in [5.74, 6) is 2.95. The molecule has 1 aliphatic carbocycles. The standard InChI is InChI=1S/C37H24N2O/c1-2-10-25(11-3-1)37-38-31-15-8-16-33-36(31)39(37)32-20-17-23(22-34(32)40-33)21-30-27-13-6-7-14-28(27)35-26-12-5-4-9-24(26)18-19-29(30)35/h1-20,22,30H,21H2. The van der Waals surface area contributed by atoms with Crippen molar-refractivity contribution in [3.05, 3.63) is 144 Å². The van der Waals surface area contributed by atoms with Gasteiger partial charge >= 0.3 is 0 Å². The lowest BCUT2D eigenvalue weighted by Crippen LogP contribution is -2.07. The maximum Gasteiger partial charge on any atom is 0.153 e. The highest BCUT2D eigenvalue weighted by molar-refractivity contribution is 6.01. The van der Waals surface area contributed by atoms with Crippen LogP contribution in [0.3, 0.4) is 0 Å². The van der Waals surface area contributed by atoms with Crippen LogP contribution in [-0.4, -0.2) is 9.55 Å². The number of para-hydroxylation sites is 1. The fourth-order valence-corrected chi connectivity index (χ4v) is 6.79. The maximum atomic E-state index is 6.54. The van der Waals surface area contributed by atoms with E-state index in [0.29, 0.717) is 5.92 Å². The third-order valence-electron chi connectivity index (χ3n) is 8.54. The van der Waals surface area contributed by atoms with Gasteiger partial charge < -0.3 is 4.74 Å². The zero-order valence-electron chi connectivity index (χ0n) is 21.7. The quantitative estimate of drug-likeness (QED) is 0.236. The molecule has 3 nitrogen and oxygen atoms in total. The topological polar surface area (TPSA) is 27.1 Å². The summed E-state index contributed by atoms with van der Waals surface area (Å²) in [6.07, 6.45) is 0.908. The summed E-state index contributed by atoms with van der Waals surface area (Å²) < 4.78 is 8.80. The Hall–Kier alpha value is -5.15. The average molecular weight is 513 g/mol. The van der Waals surface area contributed by atoms with Gasteiger partial charge in [0.2, 0.25) is 0 Å². The van der Waals surface area contributed by atoms with Crippen LogP contribution in [0.15, 0.2) is 127 Å². The molecule has 188 valence electrons. The van der Waals surface area contributed by atoms with Crippen molar-refractivity contribution in [2.24, 2.45) is 0 Å². The number of ether oxygens (including phenoxy) is 1.